The van der Waals surface area contributed by atoms with E-state index < -0.39 is 66.0 Å². The first kappa shape index (κ1) is 46.1. The van der Waals surface area contributed by atoms with Gasteiger partial charge in [-0.1, -0.05) is 6.42 Å². The molecule has 0 radical (unpaired) electrons. The molecule has 4 aliphatic heterocycles. The van der Waals surface area contributed by atoms with Crippen LogP contribution in [0.4, 0.5) is 0 Å². The van der Waals surface area contributed by atoms with Crippen LogP contribution in [-0.2, 0) is 33.6 Å². The molecule has 6 amide bonds. The average molecular weight is 819 g/mol. The Balaban J connectivity index is 1.43. The number of likely N-dealkylation sites (tertiary alicyclic amines) is 4. The summed E-state index contributed by atoms with van der Waals surface area (Å²) in [5.74, 6) is -3.77. The summed E-state index contributed by atoms with van der Waals surface area (Å²) in [7, 11) is 0. The monoisotopic (exact) mass is 819 g/mol. The highest BCUT2D eigenvalue weighted by Crippen LogP contribution is 2.31. The molecule has 58 heavy (non-hydrogen) atoms. The van der Waals surface area contributed by atoms with Crippen LogP contribution in [0.15, 0.2) is 4.99 Å². The summed E-state index contributed by atoms with van der Waals surface area (Å²) in [5.41, 5.74) is 28.2. The standard InChI is InChI=1S/C38H66N12O8/c39-17-3-1-10-24(41)31(51)45-25(12-5-19-44-38(42)43)33(53)48-21-7-14-28(48)35(55)50-23-9-16-30(50)36(56)49-22-8-15-29(49)34(54)47-20-6-13-27(47)32(52)46-26(37(57)58)11-2-4-18-40/h24-30H,1-23,39-41H2,(H,45,51)(H,46,52)(H,57,58)(H4,42,43,44). The Morgan fingerprint density at radius 3 is 1.55 bits per heavy atom. The Morgan fingerprint density at radius 2 is 1.05 bits per heavy atom. The topological polar surface area (TPSA) is 319 Å². The number of amides is 6. The van der Waals surface area contributed by atoms with Crippen molar-refractivity contribution in [2.45, 2.75) is 145 Å². The number of aliphatic imine (C=N–C) groups is 1. The lowest BCUT2D eigenvalue weighted by atomic mass is 10.1. The number of carbonyl (C=O) groups is 7. The van der Waals surface area contributed by atoms with Crippen LogP contribution in [-0.4, -0.2) is 160 Å². The molecule has 4 heterocycles. The van der Waals surface area contributed by atoms with Gasteiger partial charge in [0, 0.05) is 32.7 Å². The molecule has 326 valence electrons. The largest absolute Gasteiger partial charge is 0.480 e. The van der Waals surface area contributed by atoms with E-state index in [0.717, 1.165) is 0 Å². The molecule has 4 rings (SSSR count). The number of nitrogens with two attached hydrogens (primary N) is 5. The van der Waals surface area contributed by atoms with Crippen LogP contribution in [0.1, 0.15) is 103 Å². The number of nitrogens with zero attached hydrogens (tertiary/aromatic N) is 5. The molecule has 0 aliphatic carbocycles. The quantitative estimate of drug-likeness (QED) is 0.0342. The summed E-state index contributed by atoms with van der Waals surface area (Å²) in [6, 6.07) is -6.29. The number of rotatable bonds is 21. The number of carboxylic acids is 1. The van der Waals surface area contributed by atoms with Crippen molar-refractivity contribution < 1.29 is 38.7 Å². The zero-order valence-corrected chi connectivity index (χ0v) is 33.7. The normalized spacial score (nSPS) is 23.4. The Hall–Kier alpha value is -4.56. The van der Waals surface area contributed by atoms with E-state index in [2.05, 4.69) is 15.6 Å². The summed E-state index contributed by atoms with van der Waals surface area (Å²) in [5, 5.41) is 15.1. The molecule has 0 bridgehead atoms. The van der Waals surface area contributed by atoms with Gasteiger partial charge in [-0.2, -0.15) is 0 Å². The van der Waals surface area contributed by atoms with Crippen molar-refractivity contribution in [2.75, 3.05) is 45.8 Å². The summed E-state index contributed by atoms with van der Waals surface area (Å²) in [6.45, 7) is 2.32. The molecule has 0 saturated carbocycles. The molecule has 20 heteroatoms. The van der Waals surface area contributed by atoms with Gasteiger partial charge in [-0.05, 0) is 109 Å². The van der Waals surface area contributed by atoms with E-state index in [0.29, 0.717) is 129 Å². The van der Waals surface area contributed by atoms with Crippen LogP contribution >= 0.6 is 0 Å². The third-order valence-corrected chi connectivity index (χ3v) is 11.7. The molecule has 13 N–H and O–H groups in total. The maximum absolute atomic E-state index is 14.3. The van der Waals surface area contributed by atoms with Crippen molar-refractivity contribution >= 4 is 47.4 Å². The van der Waals surface area contributed by atoms with E-state index >= 15 is 0 Å². The molecule has 4 saturated heterocycles. The Bertz CT molecular complexity index is 1490. The van der Waals surface area contributed by atoms with Crippen LogP contribution in [0.25, 0.3) is 0 Å². The first-order valence-corrected chi connectivity index (χ1v) is 21.1. The molecule has 4 fully saturated rings. The van der Waals surface area contributed by atoms with Gasteiger partial charge in [0.05, 0.1) is 6.04 Å². The summed E-state index contributed by atoms with van der Waals surface area (Å²) >= 11 is 0. The zero-order chi connectivity index (χ0) is 42.4. The van der Waals surface area contributed by atoms with Crippen molar-refractivity contribution in [1.29, 1.82) is 0 Å². The van der Waals surface area contributed by atoms with Gasteiger partial charge in [-0.15, -0.1) is 0 Å². The third-order valence-electron chi connectivity index (χ3n) is 11.7. The van der Waals surface area contributed by atoms with E-state index in [1.54, 1.807) is 0 Å². The van der Waals surface area contributed by atoms with E-state index in [-0.39, 0.29) is 43.1 Å². The fourth-order valence-corrected chi connectivity index (χ4v) is 8.64. The zero-order valence-electron chi connectivity index (χ0n) is 33.7. The summed E-state index contributed by atoms with van der Waals surface area (Å²) in [4.78, 5) is 105. The van der Waals surface area contributed by atoms with Crippen LogP contribution in [0, 0.1) is 0 Å². The van der Waals surface area contributed by atoms with E-state index in [9.17, 15) is 38.7 Å². The van der Waals surface area contributed by atoms with E-state index in [4.69, 9.17) is 28.7 Å². The van der Waals surface area contributed by atoms with Gasteiger partial charge in [-0.3, -0.25) is 33.8 Å². The predicted octanol–water partition coefficient (Wildman–Crippen LogP) is -2.36. The first-order chi connectivity index (χ1) is 27.8. The van der Waals surface area contributed by atoms with Crippen molar-refractivity contribution in [1.82, 2.24) is 30.2 Å². The molecular weight excluding hydrogens is 752 g/mol. The van der Waals surface area contributed by atoms with Gasteiger partial charge >= 0.3 is 5.97 Å². The van der Waals surface area contributed by atoms with Gasteiger partial charge in [0.25, 0.3) is 0 Å². The molecule has 20 nitrogen and oxygen atoms in total. The second-order valence-corrected chi connectivity index (χ2v) is 15.8. The smallest absolute Gasteiger partial charge is 0.326 e. The molecule has 7 unspecified atom stereocenters. The lowest BCUT2D eigenvalue weighted by Crippen LogP contribution is -2.59. The molecule has 0 spiro atoms. The maximum Gasteiger partial charge on any atom is 0.326 e. The lowest BCUT2D eigenvalue weighted by molar-refractivity contribution is -0.153. The highest BCUT2D eigenvalue weighted by Gasteiger charge is 2.48. The number of hydrogen-bond donors (Lipinski definition) is 8. The van der Waals surface area contributed by atoms with Gasteiger partial charge in [0.15, 0.2) is 5.96 Å². The van der Waals surface area contributed by atoms with Gasteiger partial charge in [0.1, 0.15) is 36.3 Å². The summed E-state index contributed by atoms with van der Waals surface area (Å²) in [6.07, 6.45) is 7.48. The highest BCUT2D eigenvalue weighted by molar-refractivity contribution is 5.98. The minimum atomic E-state index is -1.16. The average Bonchev–Trinajstić information content (AvgIpc) is 4.04. The second-order valence-electron chi connectivity index (χ2n) is 15.8. The van der Waals surface area contributed by atoms with Gasteiger partial charge < -0.3 is 64.0 Å². The number of unbranched alkanes of at least 4 members (excludes halogenated alkanes) is 2. The number of carboxylic acid groups (broad SMARTS) is 1. The SMILES string of the molecule is NCCCCC(N)C(=O)NC(CCCN=C(N)N)C(=O)N1CCCC1C(=O)N1CCCC1C(=O)N1CCCC1C(=O)N1CCCC1C(=O)NC(CCCCN)C(=O)O. The maximum atomic E-state index is 14.3. The van der Waals surface area contributed by atoms with E-state index in [1.165, 1.54) is 19.6 Å². The van der Waals surface area contributed by atoms with Crippen LogP contribution < -0.4 is 39.3 Å². The second kappa shape index (κ2) is 22.6. The first-order valence-electron chi connectivity index (χ1n) is 21.1. The number of carbonyl (C=O) groups excluding carboxylic acids is 6. The fourth-order valence-electron chi connectivity index (χ4n) is 8.64. The molecule has 0 aromatic heterocycles. The molecule has 0 aromatic carbocycles. The number of guanidine groups is 1. The Labute approximate surface area is 340 Å². The molecule has 4 aliphatic rings. The molecular formula is C38H66N12O8. The highest BCUT2D eigenvalue weighted by atomic mass is 16.4. The number of nitrogens with one attached hydrogen (secondary N) is 2. The van der Waals surface area contributed by atoms with Gasteiger partial charge in [0.2, 0.25) is 35.4 Å². The Kier molecular flexibility index (Phi) is 17.9. The summed E-state index contributed by atoms with van der Waals surface area (Å²) < 4.78 is 0. The Morgan fingerprint density at radius 1 is 0.603 bits per heavy atom. The van der Waals surface area contributed by atoms with Crippen LogP contribution in [0.5, 0.6) is 0 Å². The minimum Gasteiger partial charge on any atom is -0.480 e. The predicted molar refractivity (Wildman–Crippen MR) is 214 cm³/mol. The van der Waals surface area contributed by atoms with Gasteiger partial charge in [-0.25, -0.2) is 4.79 Å². The van der Waals surface area contributed by atoms with Crippen LogP contribution in [0.3, 0.4) is 0 Å². The lowest BCUT2D eigenvalue weighted by Gasteiger charge is -2.36. The van der Waals surface area contributed by atoms with Crippen LogP contribution in [0.2, 0.25) is 0 Å². The van der Waals surface area contributed by atoms with Crippen molar-refractivity contribution in [3.05, 3.63) is 0 Å². The van der Waals surface area contributed by atoms with Crippen molar-refractivity contribution in [2.24, 2.45) is 33.7 Å². The minimum absolute atomic E-state index is 0.0954. The van der Waals surface area contributed by atoms with Crippen molar-refractivity contribution in [3.63, 3.8) is 0 Å². The third kappa shape index (κ3) is 12.0. The van der Waals surface area contributed by atoms with Crippen molar-refractivity contribution in [3.8, 4) is 0 Å². The molecule has 0 aromatic rings. The number of hydrogen-bond acceptors (Lipinski definition) is 11. The number of aliphatic carboxylic acids is 1. The fraction of sp³-hybridized carbons (Fsp3) is 0.789. The molecule has 7 atom stereocenters. The van der Waals surface area contributed by atoms with E-state index in [1.807, 2.05) is 0 Å².